The summed E-state index contributed by atoms with van der Waals surface area (Å²) in [4.78, 5) is 2.24. The molecule has 1 heterocycles. The van der Waals surface area contributed by atoms with Crippen molar-refractivity contribution in [2.75, 3.05) is 26.2 Å². The van der Waals surface area contributed by atoms with Gasteiger partial charge in [0, 0.05) is 13.1 Å². The second-order valence-electron chi connectivity index (χ2n) is 5.46. The Morgan fingerprint density at radius 2 is 2.15 bits per heavy atom. The zero-order valence-electron chi connectivity index (χ0n) is 12.0. The van der Waals surface area contributed by atoms with Gasteiger partial charge in [0.2, 0.25) is 0 Å². The monoisotopic (exact) mass is 274 g/mol. The number of aliphatic hydroxyl groups excluding tert-OH is 1. The summed E-state index contributed by atoms with van der Waals surface area (Å²) in [6.07, 6.45) is 1.27. The number of piperidine rings is 1. The molecule has 2 unspecified atom stereocenters. The van der Waals surface area contributed by atoms with Gasteiger partial charge < -0.3 is 9.84 Å². The Balaban J connectivity index is 1.72. The van der Waals surface area contributed by atoms with Crippen LogP contribution in [0.4, 0.5) is 0 Å². The van der Waals surface area contributed by atoms with E-state index in [4.69, 9.17) is 10.00 Å². The van der Waals surface area contributed by atoms with E-state index in [1.165, 1.54) is 0 Å². The molecule has 2 rings (SSSR count). The predicted molar refractivity (Wildman–Crippen MR) is 77.5 cm³/mol. The molecule has 1 aliphatic rings. The number of nitrogens with zero attached hydrogens (tertiary/aromatic N) is 2. The highest BCUT2D eigenvalue weighted by atomic mass is 16.5. The standard InChI is InChI=1S/C16H22N2O2/c1-13-7-9-18(12-16(13)19)10-11-20-15-4-2-14(3-5-15)6-8-17/h2-5,13,16,19H,6-7,9-12H2,1H3. The quantitative estimate of drug-likeness (QED) is 0.890. The van der Waals surface area contributed by atoms with Crippen molar-refractivity contribution in [3.05, 3.63) is 29.8 Å². The van der Waals surface area contributed by atoms with Crippen LogP contribution in [0.2, 0.25) is 0 Å². The molecule has 1 aromatic carbocycles. The molecule has 0 saturated carbocycles. The maximum Gasteiger partial charge on any atom is 0.119 e. The van der Waals surface area contributed by atoms with Crippen LogP contribution in [0.3, 0.4) is 0 Å². The fourth-order valence-corrected chi connectivity index (χ4v) is 2.40. The largest absolute Gasteiger partial charge is 0.492 e. The highest BCUT2D eigenvalue weighted by molar-refractivity contribution is 5.28. The Hall–Kier alpha value is -1.57. The Morgan fingerprint density at radius 3 is 2.80 bits per heavy atom. The number of benzene rings is 1. The summed E-state index contributed by atoms with van der Waals surface area (Å²) in [7, 11) is 0. The van der Waals surface area contributed by atoms with Crippen molar-refractivity contribution in [1.82, 2.24) is 4.90 Å². The maximum absolute atomic E-state index is 9.84. The smallest absolute Gasteiger partial charge is 0.119 e. The molecule has 1 saturated heterocycles. The van der Waals surface area contributed by atoms with Crippen LogP contribution in [0, 0.1) is 17.2 Å². The van der Waals surface area contributed by atoms with Crippen molar-refractivity contribution in [2.24, 2.45) is 5.92 Å². The van der Waals surface area contributed by atoms with Crippen molar-refractivity contribution in [1.29, 1.82) is 5.26 Å². The number of β-amino-alcohol motifs (C(OH)–C–C–N with tert-alkyl or cyclic N) is 1. The van der Waals surface area contributed by atoms with Crippen molar-refractivity contribution >= 4 is 0 Å². The molecule has 0 spiro atoms. The van der Waals surface area contributed by atoms with Gasteiger partial charge in [0.05, 0.1) is 18.6 Å². The van der Waals surface area contributed by atoms with E-state index in [-0.39, 0.29) is 6.10 Å². The minimum absolute atomic E-state index is 0.214. The molecule has 0 radical (unpaired) electrons. The Labute approximate surface area is 120 Å². The van der Waals surface area contributed by atoms with Crippen molar-refractivity contribution in [3.63, 3.8) is 0 Å². The first-order chi connectivity index (χ1) is 9.69. The van der Waals surface area contributed by atoms with Gasteiger partial charge in [0.1, 0.15) is 12.4 Å². The fraction of sp³-hybridized carbons (Fsp3) is 0.562. The zero-order valence-corrected chi connectivity index (χ0v) is 12.0. The third-order valence-electron chi connectivity index (χ3n) is 3.89. The molecule has 2 atom stereocenters. The minimum atomic E-state index is -0.214. The van der Waals surface area contributed by atoms with Gasteiger partial charge in [0.15, 0.2) is 0 Å². The molecule has 20 heavy (non-hydrogen) atoms. The van der Waals surface area contributed by atoms with E-state index in [2.05, 4.69) is 17.9 Å². The molecule has 1 aliphatic heterocycles. The summed E-state index contributed by atoms with van der Waals surface area (Å²) < 4.78 is 5.70. The van der Waals surface area contributed by atoms with Gasteiger partial charge in [-0.15, -0.1) is 0 Å². The number of rotatable bonds is 5. The third-order valence-corrected chi connectivity index (χ3v) is 3.89. The lowest BCUT2D eigenvalue weighted by molar-refractivity contribution is 0.0244. The molecule has 1 N–H and O–H groups in total. The maximum atomic E-state index is 9.84. The normalized spacial score (nSPS) is 23.2. The van der Waals surface area contributed by atoms with Gasteiger partial charge in [-0.2, -0.15) is 5.26 Å². The summed E-state index contributed by atoms with van der Waals surface area (Å²) in [5.74, 6) is 1.23. The van der Waals surface area contributed by atoms with E-state index in [0.717, 1.165) is 37.4 Å². The summed E-state index contributed by atoms with van der Waals surface area (Å²) in [5, 5.41) is 18.4. The van der Waals surface area contributed by atoms with Gasteiger partial charge in [0.25, 0.3) is 0 Å². The summed E-state index contributed by atoms with van der Waals surface area (Å²) >= 11 is 0. The van der Waals surface area contributed by atoms with Crippen molar-refractivity contribution < 1.29 is 9.84 Å². The summed E-state index contributed by atoms with van der Waals surface area (Å²) in [5.41, 5.74) is 1.01. The zero-order chi connectivity index (χ0) is 14.4. The topological polar surface area (TPSA) is 56.5 Å². The molecule has 4 nitrogen and oxygen atoms in total. The number of ether oxygens (including phenoxy) is 1. The van der Waals surface area contributed by atoms with Crippen LogP contribution in [0.15, 0.2) is 24.3 Å². The lowest BCUT2D eigenvalue weighted by Gasteiger charge is -2.34. The average Bonchev–Trinajstić information content (AvgIpc) is 2.45. The first-order valence-corrected chi connectivity index (χ1v) is 7.18. The fourth-order valence-electron chi connectivity index (χ4n) is 2.40. The van der Waals surface area contributed by atoms with E-state index in [9.17, 15) is 5.11 Å². The van der Waals surface area contributed by atoms with Gasteiger partial charge in [-0.3, -0.25) is 4.90 Å². The van der Waals surface area contributed by atoms with E-state index in [1.54, 1.807) is 0 Å². The van der Waals surface area contributed by atoms with Crippen molar-refractivity contribution in [2.45, 2.75) is 25.9 Å². The Kier molecular flexibility index (Phi) is 5.40. The molecule has 4 heteroatoms. The van der Waals surface area contributed by atoms with Gasteiger partial charge in [-0.25, -0.2) is 0 Å². The Morgan fingerprint density at radius 1 is 1.40 bits per heavy atom. The van der Waals surface area contributed by atoms with Crippen LogP contribution in [0.1, 0.15) is 18.9 Å². The number of likely N-dealkylation sites (tertiary alicyclic amines) is 1. The first-order valence-electron chi connectivity index (χ1n) is 7.18. The number of hydrogen-bond acceptors (Lipinski definition) is 4. The third kappa shape index (κ3) is 4.22. The van der Waals surface area contributed by atoms with Crippen LogP contribution < -0.4 is 4.74 Å². The van der Waals surface area contributed by atoms with E-state index < -0.39 is 0 Å². The highest BCUT2D eigenvalue weighted by Gasteiger charge is 2.23. The van der Waals surface area contributed by atoms with Crippen LogP contribution >= 0.6 is 0 Å². The van der Waals surface area contributed by atoms with Gasteiger partial charge >= 0.3 is 0 Å². The van der Waals surface area contributed by atoms with Gasteiger partial charge in [-0.05, 0) is 36.6 Å². The first kappa shape index (κ1) is 14.8. The lowest BCUT2D eigenvalue weighted by atomic mass is 9.96. The van der Waals surface area contributed by atoms with Crippen LogP contribution in [0.25, 0.3) is 0 Å². The molecule has 0 aromatic heterocycles. The second-order valence-corrected chi connectivity index (χ2v) is 5.46. The lowest BCUT2D eigenvalue weighted by Crippen LogP contribution is -2.44. The van der Waals surface area contributed by atoms with Crippen LogP contribution in [0.5, 0.6) is 5.75 Å². The molecule has 1 aromatic rings. The average molecular weight is 274 g/mol. The molecule has 0 amide bonds. The molecule has 0 bridgehead atoms. The highest BCUT2D eigenvalue weighted by Crippen LogP contribution is 2.17. The Bertz CT molecular complexity index is 453. The molecule has 0 aliphatic carbocycles. The SMILES string of the molecule is CC1CCN(CCOc2ccc(CC#N)cc2)CC1O. The summed E-state index contributed by atoms with van der Waals surface area (Å²) in [6.45, 7) is 5.33. The van der Waals surface area contributed by atoms with Crippen LogP contribution in [-0.2, 0) is 6.42 Å². The van der Waals surface area contributed by atoms with Gasteiger partial charge in [-0.1, -0.05) is 19.1 Å². The number of aliphatic hydroxyl groups is 1. The summed E-state index contributed by atoms with van der Waals surface area (Å²) in [6, 6.07) is 9.77. The van der Waals surface area contributed by atoms with E-state index in [0.29, 0.717) is 18.9 Å². The minimum Gasteiger partial charge on any atom is -0.492 e. The molecular formula is C16H22N2O2. The second kappa shape index (κ2) is 7.28. The van der Waals surface area contributed by atoms with E-state index >= 15 is 0 Å². The molecule has 1 fully saturated rings. The number of hydrogen-bond donors (Lipinski definition) is 1. The van der Waals surface area contributed by atoms with Crippen LogP contribution in [-0.4, -0.2) is 42.4 Å². The number of nitriles is 1. The molecular weight excluding hydrogens is 252 g/mol. The molecule has 108 valence electrons. The predicted octanol–water partition coefficient (Wildman–Crippen LogP) is 1.83. The van der Waals surface area contributed by atoms with Crippen molar-refractivity contribution in [3.8, 4) is 11.8 Å². The van der Waals surface area contributed by atoms with E-state index in [1.807, 2.05) is 24.3 Å².